The summed E-state index contributed by atoms with van der Waals surface area (Å²) in [5.41, 5.74) is 0.803. The summed E-state index contributed by atoms with van der Waals surface area (Å²) in [7, 11) is 0.0793. The SMILES string of the molecule is C[n+]1cccc(C(=O)OC2C(CO)OC(n3cc(C=C[Si](C)(C)C)c(=O)[nH]c3=O)C2F)c1. The zero-order valence-electron chi connectivity index (χ0n) is 18.3. The Morgan fingerprint density at radius 1 is 1.41 bits per heavy atom. The fraction of sp³-hybridized carbons (Fsp3) is 0.429. The van der Waals surface area contributed by atoms with Gasteiger partial charge in [0.15, 0.2) is 30.9 Å². The Bertz CT molecular complexity index is 1140. The summed E-state index contributed by atoms with van der Waals surface area (Å²) in [6.45, 7) is 5.59. The van der Waals surface area contributed by atoms with E-state index in [2.05, 4.69) is 24.6 Å². The number of nitrogens with zero attached hydrogens (tertiary/aromatic N) is 2. The highest BCUT2D eigenvalue weighted by atomic mass is 28.3. The first-order valence-corrected chi connectivity index (χ1v) is 13.7. The summed E-state index contributed by atoms with van der Waals surface area (Å²) < 4.78 is 28.7. The lowest BCUT2D eigenvalue weighted by Gasteiger charge is -2.18. The molecule has 0 radical (unpaired) electrons. The summed E-state index contributed by atoms with van der Waals surface area (Å²) in [4.78, 5) is 39.2. The van der Waals surface area contributed by atoms with E-state index in [1.165, 1.54) is 18.5 Å². The number of ether oxygens (including phenoxy) is 2. The Balaban J connectivity index is 1.90. The molecule has 172 valence electrons. The number of aromatic nitrogens is 3. The van der Waals surface area contributed by atoms with Crippen LogP contribution < -0.4 is 15.8 Å². The number of hydrogen-bond acceptors (Lipinski definition) is 6. The standard InChI is InChI=1S/C21H26FN3O6Si/c1-24-8-5-6-14(10-24)20(28)31-17-15(12-26)30-19(16(17)22)25-11-13(7-9-32(2,3)4)18(27)23-21(25)29/h5-11,15-17,19,26H,12H2,1-4H3/p+1. The second-order valence-electron chi connectivity index (χ2n) is 8.77. The number of halogens is 1. The molecule has 4 atom stereocenters. The summed E-state index contributed by atoms with van der Waals surface area (Å²) in [5, 5.41) is 9.65. The van der Waals surface area contributed by atoms with Crippen LogP contribution in [0.25, 0.3) is 6.08 Å². The van der Waals surface area contributed by atoms with E-state index in [4.69, 9.17) is 9.47 Å². The van der Waals surface area contributed by atoms with Crippen molar-refractivity contribution in [2.24, 2.45) is 7.05 Å². The summed E-state index contributed by atoms with van der Waals surface area (Å²) in [6, 6.07) is 3.15. The fourth-order valence-electron chi connectivity index (χ4n) is 3.25. The van der Waals surface area contributed by atoms with Crippen LogP contribution in [0, 0.1) is 0 Å². The number of hydrogen-bond donors (Lipinski definition) is 2. The third kappa shape index (κ3) is 5.29. The van der Waals surface area contributed by atoms with Crippen LogP contribution in [0.5, 0.6) is 0 Å². The monoisotopic (exact) mass is 464 g/mol. The number of aliphatic hydroxyl groups is 1. The normalized spacial score (nSPS) is 23.6. The number of nitrogens with one attached hydrogen (secondary N) is 1. The second-order valence-corrected chi connectivity index (χ2v) is 13.8. The zero-order chi connectivity index (χ0) is 23.6. The molecular formula is C21H27FN3O6Si+. The van der Waals surface area contributed by atoms with Crippen LogP contribution in [0.4, 0.5) is 4.39 Å². The number of aromatic amines is 1. The van der Waals surface area contributed by atoms with E-state index in [0.29, 0.717) is 0 Å². The fourth-order valence-corrected chi connectivity index (χ4v) is 3.93. The van der Waals surface area contributed by atoms with Crippen molar-refractivity contribution in [2.45, 2.75) is 44.2 Å². The second kappa shape index (κ2) is 9.31. The van der Waals surface area contributed by atoms with Gasteiger partial charge in [0, 0.05) is 12.3 Å². The van der Waals surface area contributed by atoms with Gasteiger partial charge in [0.25, 0.3) is 5.56 Å². The minimum atomic E-state index is -1.95. The van der Waals surface area contributed by atoms with Gasteiger partial charge >= 0.3 is 11.7 Å². The van der Waals surface area contributed by atoms with Gasteiger partial charge in [0.05, 0.1) is 20.2 Å². The molecule has 9 nitrogen and oxygen atoms in total. The van der Waals surface area contributed by atoms with Crippen molar-refractivity contribution >= 4 is 20.1 Å². The van der Waals surface area contributed by atoms with E-state index in [1.807, 2.05) is 5.70 Å². The highest BCUT2D eigenvalue weighted by molar-refractivity contribution is 6.81. The Morgan fingerprint density at radius 3 is 2.75 bits per heavy atom. The summed E-state index contributed by atoms with van der Waals surface area (Å²) >= 11 is 0. The van der Waals surface area contributed by atoms with Crippen molar-refractivity contribution < 1.29 is 28.3 Å². The van der Waals surface area contributed by atoms with Crippen molar-refractivity contribution in [3.63, 3.8) is 0 Å². The van der Waals surface area contributed by atoms with Crippen LogP contribution in [0.1, 0.15) is 22.1 Å². The molecule has 1 aliphatic rings. The topological polar surface area (TPSA) is 114 Å². The molecule has 0 saturated carbocycles. The number of esters is 1. The number of pyridine rings is 1. The van der Waals surface area contributed by atoms with Crippen molar-refractivity contribution in [2.75, 3.05) is 6.61 Å². The lowest BCUT2D eigenvalue weighted by molar-refractivity contribution is -0.671. The average molecular weight is 465 g/mol. The molecule has 2 aromatic heterocycles. The molecule has 1 saturated heterocycles. The van der Waals surface area contributed by atoms with Crippen molar-refractivity contribution in [3.8, 4) is 0 Å². The molecule has 0 amide bonds. The van der Waals surface area contributed by atoms with Crippen molar-refractivity contribution in [1.29, 1.82) is 0 Å². The van der Waals surface area contributed by atoms with Gasteiger partial charge in [-0.05, 0) is 6.07 Å². The van der Waals surface area contributed by atoms with E-state index < -0.39 is 56.5 Å². The number of aryl methyl sites for hydroxylation is 1. The van der Waals surface area contributed by atoms with Crippen LogP contribution in [-0.4, -0.2) is 53.7 Å². The van der Waals surface area contributed by atoms with E-state index in [1.54, 1.807) is 30.0 Å². The van der Waals surface area contributed by atoms with Gasteiger partial charge in [-0.3, -0.25) is 14.3 Å². The number of rotatable bonds is 6. The Hall–Kier alpha value is -2.89. The highest BCUT2D eigenvalue weighted by Crippen LogP contribution is 2.33. The molecule has 1 aliphatic heterocycles. The number of carbonyl (C=O) groups excluding carboxylic acids is 1. The van der Waals surface area contributed by atoms with E-state index in [-0.39, 0.29) is 11.1 Å². The van der Waals surface area contributed by atoms with Crippen LogP contribution in [0.3, 0.4) is 0 Å². The van der Waals surface area contributed by atoms with Gasteiger partial charge in [0.1, 0.15) is 18.7 Å². The first-order chi connectivity index (χ1) is 15.0. The Labute approximate surface area is 184 Å². The molecular weight excluding hydrogens is 437 g/mol. The minimum Gasteiger partial charge on any atom is -0.452 e. The lowest BCUT2D eigenvalue weighted by Crippen LogP contribution is -2.38. The number of aliphatic hydroxyl groups excluding tert-OH is 1. The molecule has 32 heavy (non-hydrogen) atoms. The predicted molar refractivity (Wildman–Crippen MR) is 116 cm³/mol. The smallest absolute Gasteiger partial charge is 0.344 e. The third-order valence-corrected chi connectivity index (χ3v) is 6.06. The Morgan fingerprint density at radius 2 is 2.12 bits per heavy atom. The maximum absolute atomic E-state index is 15.3. The van der Waals surface area contributed by atoms with Crippen LogP contribution in [-0.2, 0) is 16.5 Å². The first kappa shape index (κ1) is 23.8. The molecule has 3 heterocycles. The van der Waals surface area contributed by atoms with Gasteiger partial charge < -0.3 is 14.6 Å². The first-order valence-electron chi connectivity index (χ1n) is 10.1. The van der Waals surface area contributed by atoms with E-state index in [0.717, 1.165) is 4.57 Å². The molecule has 0 spiro atoms. The molecule has 4 unspecified atom stereocenters. The molecule has 0 aromatic carbocycles. The van der Waals surface area contributed by atoms with Crippen LogP contribution in [0.2, 0.25) is 19.6 Å². The molecule has 2 aromatic rings. The average Bonchev–Trinajstić information content (AvgIpc) is 3.02. The largest absolute Gasteiger partial charge is 0.452 e. The Kier molecular flexibility index (Phi) is 6.91. The zero-order valence-corrected chi connectivity index (χ0v) is 19.3. The maximum atomic E-state index is 15.3. The van der Waals surface area contributed by atoms with Crippen LogP contribution >= 0.6 is 0 Å². The van der Waals surface area contributed by atoms with Gasteiger partial charge in [-0.1, -0.05) is 31.4 Å². The molecule has 0 bridgehead atoms. The van der Waals surface area contributed by atoms with Crippen molar-refractivity contribution in [1.82, 2.24) is 9.55 Å². The van der Waals surface area contributed by atoms with Gasteiger partial charge in [-0.25, -0.2) is 18.5 Å². The van der Waals surface area contributed by atoms with E-state index in [9.17, 15) is 19.5 Å². The molecule has 0 aliphatic carbocycles. The van der Waals surface area contributed by atoms with Gasteiger partial charge in [-0.2, -0.15) is 0 Å². The third-order valence-electron chi connectivity index (χ3n) is 4.90. The summed E-state index contributed by atoms with van der Waals surface area (Å²) in [5.74, 6) is -0.788. The quantitative estimate of drug-likeness (QED) is 0.370. The van der Waals surface area contributed by atoms with Gasteiger partial charge in [-0.15, -0.1) is 0 Å². The van der Waals surface area contributed by atoms with E-state index >= 15 is 4.39 Å². The number of alkyl halides is 1. The van der Waals surface area contributed by atoms with Crippen LogP contribution in [0.15, 0.2) is 46.0 Å². The molecule has 3 rings (SSSR count). The van der Waals surface area contributed by atoms with Gasteiger partial charge in [0.2, 0.25) is 0 Å². The number of H-pyrrole nitrogens is 1. The number of carbonyl (C=O) groups is 1. The molecule has 2 N–H and O–H groups in total. The molecule has 1 fully saturated rings. The maximum Gasteiger partial charge on any atom is 0.344 e. The lowest BCUT2D eigenvalue weighted by atomic mass is 10.1. The summed E-state index contributed by atoms with van der Waals surface area (Å²) in [6.07, 6.45) is -0.0213. The highest BCUT2D eigenvalue weighted by Gasteiger charge is 2.49. The predicted octanol–water partition coefficient (Wildman–Crippen LogP) is 0.705. The minimum absolute atomic E-state index is 0.167. The van der Waals surface area contributed by atoms with Crippen molar-refractivity contribution in [3.05, 3.63) is 68.4 Å². The molecule has 11 heteroatoms.